The predicted molar refractivity (Wildman–Crippen MR) is 194 cm³/mol. The Balaban J connectivity index is 1.43. The van der Waals surface area contributed by atoms with Gasteiger partial charge in [-0.15, -0.1) is 0 Å². The van der Waals surface area contributed by atoms with Crippen LogP contribution in [-0.2, 0) is 35.2 Å². The molecule has 1 aliphatic carbocycles. The number of Topliss-reactive ketones (excluding diaryl/α,β-unsaturated/α-hetero) is 1. The van der Waals surface area contributed by atoms with Gasteiger partial charge in [-0.05, 0) is 76.0 Å². The van der Waals surface area contributed by atoms with Crippen molar-refractivity contribution in [3.63, 3.8) is 0 Å². The lowest BCUT2D eigenvalue weighted by atomic mass is 9.85. The van der Waals surface area contributed by atoms with Crippen LogP contribution < -0.4 is 20.9 Å². The number of ketones is 1. The zero-order valence-electron chi connectivity index (χ0n) is 31.1. The number of alkyl carbamates (subject to hydrolysis) is 1. The number of aryl methyl sites for hydroxylation is 1. The van der Waals surface area contributed by atoms with Crippen molar-refractivity contribution in [3.05, 3.63) is 28.3 Å². The molecule has 0 aromatic heterocycles. The van der Waals surface area contributed by atoms with E-state index in [9.17, 15) is 24.0 Å². The molecule has 1 aromatic carbocycles. The normalized spacial score (nSPS) is 22.8. The second-order valence-corrected chi connectivity index (χ2v) is 17.0. The number of amides is 4. The predicted octanol–water partition coefficient (Wildman–Crippen LogP) is 4.26. The molecule has 2 fully saturated rings. The molecular formula is C37H53ClN6O7. The van der Waals surface area contributed by atoms with E-state index in [1.165, 1.54) is 4.90 Å². The second-order valence-electron chi connectivity index (χ2n) is 16.6. The van der Waals surface area contributed by atoms with E-state index in [2.05, 4.69) is 32.1 Å². The van der Waals surface area contributed by atoms with Gasteiger partial charge in [0.15, 0.2) is 5.60 Å². The Morgan fingerprint density at radius 2 is 1.80 bits per heavy atom. The number of hydrogen-bond acceptors (Lipinski definition) is 9. The van der Waals surface area contributed by atoms with Crippen LogP contribution >= 0.6 is 11.6 Å². The van der Waals surface area contributed by atoms with Crippen LogP contribution in [0.25, 0.3) is 0 Å². The molecule has 14 heteroatoms. The molecule has 1 aromatic rings. The van der Waals surface area contributed by atoms with Gasteiger partial charge in [0, 0.05) is 38.0 Å². The first-order chi connectivity index (χ1) is 23.8. The molecule has 4 atom stereocenters. The third-order valence-electron chi connectivity index (χ3n) is 9.74. The standard InChI is InChI=1S/C37H53ClN6O7/c1-9-11-25(29(45)32(47)39-23-13-14-23)40-31(46)27-19-37(20-44(27)33(48)30(35(2,3)4)41-34(49)50-36(5,6)7)18-26(42-51-37)22-16-21-12-10-15-43(8)28(21)24(38)17-22/h16-17,23,25,27,30H,9-15,18-20H2,1-8H3,(H,39,47)(H,40,46)(H,41,49)/t25-,27-,30+,37-/m0/s1. The SMILES string of the molecule is CCC[C@H](NC(=O)[C@@H]1C[C@@]2(CC(c3cc(Cl)c4c(c3)CCCN4C)=NO2)CN1C(=O)[C@@H](NC(=O)OC(C)(C)C)C(C)(C)C)C(=O)C(=O)NC1CC1. The summed E-state index contributed by atoms with van der Waals surface area (Å²) in [5.41, 5.74) is 0.939. The van der Waals surface area contributed by atoms with Crippen molar-refractivity contribution in [2.45, 2.75) is 135 Å². The third-order valence-corrected chi connectivity index (χ3v) is 10.0. The fourth-order valence-corrected chi connectivity index (χ4v) is 7.43. The number of anilines is 1. The van der Waals surface area contributed by atoms with Crippen molar-refractivity contribution in [1.29, 1.82) is 0 Å². The number of hydrogen-bond donors (Lipinski definition) is 3. The number of oxime groups is 1. The van der Waals surface area contributed by atoms with Crippen LogP contribution in [0.4, 0.5) is 10.5 Å². The monoisotopic (exact) mass is 728 g/mol. The molecule has 4 amide bonds. The summed E-state index contributed by atoms with van der Waals surface area (Å²) in [7, 11) is 2.02. The van der Waals surface area contributed by atoms with E-state index in [0.717, 1.165) is 49.0 Å². The van der Waals surface area contributed by atoms with Crippen LogP contribution in [0, 0.1) is 5.41 Å². The van der Waals surface area contributed by atoms with E-state index in [1.807, 2.05) is 40.8 Å². The lowest BCUT2D eigenvalue weighted by molar-refractivity contribution is -0.144. The number of likely N-dealkylation sites (tertiary alicyclic amines) is 1. The quantitative estimate of drug-likeness (QED) is 0.302. The molecule has 0 radical (unpaired) electrons. The molecule has 1 saturated heterocycles. The summed E-state index contributed by atoms with van der Waals surface area (Å²) in [6.07, 6.45) is 3.90. The largest absolute Gasteiger partial charge is 0.444 e. The zero-order valence-corrected chi connectivity index (χ0v) is 31.9. The van der Waals surface area contributed by atoms with Crippen molar-refractivity contribution in [3.8, 4) is 0 Å². The minimum atomic E-state index is -1.09. The summed E-state index contributed by atoms with van der Waals surface area (Å²) in [6.45, 7) is 13.4. The Morgan fingerprint density at radius 3 is 2.43 bits per heavy atom. The highest BCUT2D eigenvalue weighted by Crippen LogP contribution is 2.42. The number of rotatable bonds is 10. The summed E-state index contributed by atoms with van der Waals surface area (Å²) in [5, 5.41) is 13.3. The van der Waals surface area contributed by atoms with Crippen molar-refractivity contribution in [2.24, 2.45) is 10.6 Å². The number of carbonyl (C=O) groups is 5. The van der Waals surface area contributed by atoms with Crippen molar-refractivity contribution < 1.29 is 33.5 Å². The van der Waals surface area contributed by atoms with E-state index in [4.69, 9.17) is 21.2 Å². The molecule has 51 heavy (non-hydrogen) atoms. The summed E-state index contributed by atoms with van der Waals surface area (Å²) < 4.78 is 5.49. The van der Waals surface area contributed by atoms with Crippen molar-refractivity contribution in [2.75, 3.05) is 25.0 Å². The van der Waals surface area contributed by atoms with Gasteiger partial charge in [-0.2, -0.15) is 0 Å². The van der Waals surface area contributed by atoms with E-state index >= 15 is 0 Å². The topological polar surface area (TPSA) is 159 Å². The Labute approximate surface area is 305 Å². The van der Waals surface area contributed by atoms with Crippen molar-refractivity contribution >= 4 is 52.6 Å². The van der Waals surface area contributed by atoms with Crippen LogP contribution in [0.2, 0.25) is 5.02 Å². The maximum atomic E-state index is 14.5. The van der Waals surface area contributed by atoms with E-state index in [-0.39, 0.29) is 25.4 Å². The molecule has 3 aliphatic heterocycles. The lowest BCUT2D eigenvalue weighted by Gasteiger charge is -2.36. The van der Waals surface area contributed by atoms with E-state index in [0.29, 0.717) is 23.6 Å². The summed E-state index contributed by atoms with van der Waals surface area (Å²) >= 11 is 6.77. The Hall–Kier alpha value is -3.87. The van der Waals surface area contributed by atoms with Crippen LogP contribution in [0.1, 0.15) is 105 Å². The summed E-state index contributed by atoms with van der Waals surface area (Å²) in [4.78, 5) is 77.4. The van der Waals surface area contributed by atoms with Gasteiger partial charge in [0.2, 0.25) is 17.6 Å². The number of nitrogens with one attached hydrogen (secondary N) is 3. The zero-order chi connectivity index (χ0) is 37.5. The molecule has 5 rings (SSSR count). The first kappa shape index (κ1) is 38.4. The number of halogens is 1. The van der Waals surface area contributed by atoms with Crippen LogP contribution in [0.5, 0.6) is 0 Å². The number of nitrogens with zero attached hydrogens (tertiary/aromatic N) is 3. The van der Waals surface area contributed by atoms with Gasteiger partial charge in [0.25, 0.3) is 5.91 Å². The maximum Gasteiger partial charge on any atom is 0.408 e. The summed E-state index contributed by atoms with van der Waals surface area (Å²) in [6, 6.07) is 0.701. The Morgan fingerprint density at radius 1 is 1.10 bits per heavy atom. The Kier molecular flexibility index (Phi) is 11.0. The number of ether oxygens (including phenoxy) is 1. The Bertz CT molecular complexity index is 1600. The smallest absolute Gasteiger partial charge is 0.408 e. The van der Waals surface area contributed by atoms with Crippen LogP contribution in [0.15, 0.2) is 17.3 Å². The highest BCUT2D eigenvalue weighted by molar-refractivity contribution is 6.38. The molecule has 13 nitrogen and oxygen atoms in total. The fourth-order valence-electron chi connectivity index (χ4n) is 7.05. The third kappa shape index (κ3) is 8.96. The highest BCUT2D eigenvalue weighted by atomic mass is 35.5. The van der Waals surface area contributed by atoms with E-state index in [1.54, 1.807) is 20.8 Å². The molecule has 3 heterocycles. The lowest BCUT2D eigenvalue weighted by Crippen LogP contribution is -2.59. The van der Waals surface area contributed by atoms with Gasteiger partial charge in [-0.3, -0.25) is 19.2 Å². The molecule has 3 N–H and O–H groups in total. The molecule has 4 aliphatic rings. The fraction of sp³-hybridized carbons (Fsp3) is 0.676. The van der Waals surface area contributed by atoms with Gasteiger partial charge >= 0.3 is 6.09 Å². The molecule has 280 valence electrons. The number of carbonyl (C=O) groups excluding carboxylic acids is 5. The number of fused-ring (bicyclic) bond motifs is 1. The van der Waals surface area contributed by atoms with Gasteiger partial charge in [0.05, 0.1) is 29.0 Å². The number of benzene rings is 1. The first-order valence-corrected chi connectivity index (χ1v) is 18.4. The highest BCUT2D eigenvalue weighted by Gasteiger charge is 2.56. The molecule has 0 bridgehead atoms. The van der Waals surface area contributed by atoms with Crippen LogP contribution in [-0.4, -0.2) is 95.7 Å². The maximum absolute atomic E-state index is 14.5. The summed E-state index contributed by atoms with van der Waals surface area (Å²) in [5.74, 6) is -2.55. The van der Waals surface area contributed by atoms with Gasteiger partial charge < -0.3 is 35.3 Å². The van der Waals surface area contributed by atoms with E-state index < -0.39 is 64.3 Å². The average molecular weight is 729 g/mol. The van der Waals surface area contributed by atoms with Gasteiger partial charge in [-0.25, -0.2) is 4.79 Å². The molecule has 0 unspecified atom stereocenters. The molecule has 1 saturated carbocycles. The van der Waals surface area contributed by atoms with Gasteiger partial charge in [0.1, 0.15) is 17.7 Å². The minimum Gasteiger partial charge on any atom is -0.444 e. The second kappa shape index (κ2) is 14.6. The minimum absolute atomic E-state index is 0.00450. The van der Waals surface area contributed by atoms with Gasteiger partial charge in [-0.1, -0.05) is 50.9 Å². The van der Waals surface area contributed by atoms with Crippen LogP contribution in [0.3, 0.4) is 0 Å². The molecular weight excluding hydrogens is 676 g/mol. The first-order valence-electron chi connectivity index (χ1n) is 18.0. The average Bonchev–Trinajstić information content (AvgIpc) is 3.62. The molecule has 1 spiro atoms. The van der Waals surface area contributed by atoms with Crippen molar-refractivity contribution in [1.82, 2.24) is 20.9 Å².